The molecule has 0 unspecified atom stereocenters. The van der Waals surface area contributed by atoms with Gasteiger partial charge in [-0.1, -0.05) is 17.7 Å². The summed E-state index contributed by atoms with van der Waals surface area (Å²) in [5, 5.41) is 4.06. The van der Waals surface area contributed by atoms with Gasteiger partial charge in [0.1, 0.15) is 11.4 Å². The number of carbonyl (C=O) groups is 2. The van der Waals surface area contributed by atoms with Crippen LogP contribution < -0.4 is 15.0 Å². The Morgan fingerprint density at radius 3 is 2.73 bits per heavy atom. The van der Waals surface area contributed by atoms with Crippen LogP contribution in [0.2, 0.25) is 5.02 Å². The molecule has 1 fully saturated rings. The van der Waals surface area contributed by atoms with Gasteiger partial charge in [-0.15, -0.1) is 0 Å². The number of nitrogens with zero attached hydrogens (tertiary/aromatic N) is 2. The number of esters is 1. The third-order valence-electron chi connectivity index (χ3n) is 5.88. The fraction of sp³-hybridized carbons (Fsp3) is 0.333. The molecule has 2 heterocycles. The average molecular weight is 471 g/mol. The summed E-state index contributed by atoms with van der Waals surface area (Å²) in [5.41, 5.74) is 2.37. The fourth-order valence-corrected chi connectivity index (χ4v) is 4.45. The third-order valence-corrected chi connectivity index (χ3v) is 6.11. The lowest BCUT2D eigenvalue weighted by atomic mass is 10.1. The van der Waals surface area contributed by atoms with Crippen LogP contribution in [0.4, 0.5) is 11.4 Å². The second-order valence-electron chi connectivity index (χ2n) is 8.08. The van der Waals surface area contributed by atoms with E-state index in [9.17, 15) is 9.59 Å². The highest BCUT2D eigenvalue weighted by Gasteiger charge is 2.27. The molecule has 8 nitrogen and oxygen atoms in total. The van der Waals surface area contributed by atoms with E-state index in [1.807, 2.05) is 18.2 Å². The number of hydrogen-bond acceptors (Lipinski definition) is 6. The topological polar surface area (TPSA) is 86.9 Å². The van der Waals surface area contributed by atoms with Crippen LogP contribution >= 0.6 is 11.6 Å². The summed E-state index contributed by atoms with van der Waals surface area (Å²) in [7, 11) is 2.96. The summed E-state index contributed by atoms with van der Waals surface area (Å²) in [6, 6.07) is 13.4. The number of ether oxygens (including phenoxy) is 2. The van der Waals surface area contributed by atoms with Gasteiger partial charge in [-0.25, -0.2) is 4.79 Å². The van der Waals surface area contributed by atoms with Gasteiger partial charge in [0, 0.05) is 53.4 Å². The van der Waals surface area contributed by atoms with Gasteiger partial charge in [-0.3, -0.25) is 9.69 Å². The highest BCUT2D eigenvalue weighted by molar-refractivity contribution is 6.31. The van der Waals surface area contributed by atoms with Crippen LogP contribution in [0.15, 0.2) is 42.5 Å². The van der Waals surface area contributed by atoms with Crippen molar-refractivity contribution in [1.82, 2.24) is 9.88 Å². The molecule has 0 aliphatic carbocycles. The minimum absolute atomic E-state index is 0.194. The van der Waals surface area contributed by atoms with Crippen LogP contribution in [-0.4, -0.2) is 68.2 Å². The molecule has 1 amide bonds. The Morgan fingerprint density at radius 1 is 1.18 bits per heavy atom. The number of nitrogens with one attached hydrogen (secondary N) is 2. The minimum atomic E-state index is -0.557. The number of anilines is 2. The Labute approximate surface area is 197 Å². The quantitative estimate of drug-likeness (QED) is 0.533. The molecular weight excluding hydrogens is 444 g/mol. The maximum Gasteiger partial charge on any atom is 0.356 e. The molecule has 1 aromatic heterocycles. The molecule has 1 aliphatic rings. The Morgan fingerprint density at radius 2 is 2.00 bits per heavy atom. The first-order chi connectivity index (χ1) is 15.9. The summed E-state index contributed by atoms with van der Waals surface area (Å²) in [4.78, 5) is 32.6. The number of carbonyl (C=O) groups excluding carboxylic acids is 2. The number of aromatic nitrogens is 1. The third kappa shape index (κ3) is 4.91. The smallest absolute Gasteiger partial charge is 0.356 e. The molecule has 9 heteroatoms. The molecule has 3 aromatic rings. The van der Waals surface area contributed by atoms with Gasteiger partial charge >= 0.3 is 5.97 Å². The van der Waals surface area contributed by atoms with Gasteiger partial charge < -0.3 is 24.7 Å². The number of piperazine rings is 1. The van der Waals surface area contributed by atoms with E-state index in [2.05, 4.69) is 33.1 Å². The van der Waals surface area contributed by atoms with Crippen LogP contribution in [-0.2, 0) is 9.53 Å². The predicted molar refractivity (Wildman–Crippen MR) is 130 cm³/mol. The number of halogens is 1. The maximum absolute atomic E-state index is 12.9. The van der Waals surface area contributed by atoms with E-state index in [-0.39, 0.29) is 24.2 Å². The van der Waals surface area contributed by atoms with E-state index >= 15 is 0 Å². The van der Waals surface area contributed by atoms with Gasteiger partial charge in [0.15, 0.2) is 0 Å². The zero-order valence-electron chi connectivity index (χ0n) is 18.9. The first kappa shape index (κ1) is 22.9. The number of fused-ring (bicyclic) bond motifs is 1. The number of aromatic amines is 1. The van der Waals surface area contributed by atoms with Crippen LogP contribution in [0.25, 0.3) is 10.9 Å². The number of hydrogen-bond donors (Lipinski definition) is 2. The highest BCUT2D eigenvalue weighted by Crippen LogP contribution is 2.31. The number of H-pyrrole nitrogens is 1. The predicted octanol–water partition coefficient (Wildman–Crippen LogP) is 3.77. The summed E-state index contributed by atoms with van der Waals surface area (Å²) in [5.74, 6) is 0.0583. The van der Waals surface area contributed by atoms with Crippen molar-refractivity contribution in [3.63, 3.8) is 0 Å². The molecule has 2 aromatic carbocycles. The van der Waals surface area contributed by atoms with Crippen LogP contribution in [0.3, 0.4) is 0 Å². The highest BCUT2D eigenvalue weighted by atomic mass is 35.5. The van der Waals surface area contributed by atoms with E-state index in [1.54, 1.807) is 25.3 Å². The van der Waals surface area contributed by atoms with E-state index in [0.29, 0.717) is 21.6 Å². The average Bonchev–Trinajstić information content (AvgIpc) is 3.16. The summed E-state index contributed by atoms with van der Waals surface area (Å²) < 4.78 is 10.2. The zero-order chi connectivity index (χ0) is 23.5. The van der Waals surface area contributed by atoms with Gasteiger partial charge in [-0.05, 0) is 37.3 Å². The molecule has 174 valence electrons. The van der Waals surface area contributed by atoms with Crippen molar-refractivity contribution >= 4 is 45.8 Å². The van der Waals surface area contributed by atoms with E-state index in [4.69, 9.17) is 21.1 Å². The fourth-order valence-electron chi connectivity index (χ4n) is 4.28. The lowest BCUT2D eigenvalue weighted by molar-refractivity contribution is -0.117. The normalized spacial score (nSPS) is 16.6. The van der Waals surface area contributed by atoms with E-state index in [0.717, 1.165) is 31.1 Å². The van der Waals surface area contributed by atoms with Crippen molar-refractivity contribution in [2.24, 2.45) is 0 Å². The van der Waals surface area contributed by atoms with Crippen LogP contribution in [0.5, 0.6) is 5.75 Å². The van der Waals surface area contributed by atoms with Crippen molar-refractivity contribution in [3.05, 3.63) is 53.2 Å². The van der Waals surface area contributed by atoms with E-state index < -0.39 is 5.97 Å². The first-order valence-electron chi connectivity index (χ1n) is 10.7. The molecule has 0 spiro atoms. The molecule has 0 saturated carbocycles. The zero-order valence-corrected chi connectivity index (χ0v) is 19.6. The molecule has 1 saturated heterocycles. The molecule has 0 bridgehead atoms. The standard InChI is InChI=1S/C24H27ClN4O4/c1-15-13-28(9-10-29(15)17-5-4-6-18(12-17)32-2)14-21(30)27-22-19-11-16(25)7-8-20(19)26-23(22)24(31)33-3/h4-8,11-12,15,26H,9-10,13-14H2,1-3H3,(H,27,30)/t15-/m0/s1. The SMILES string of the molecule is COC(=O)c1[nH]c2ccc(Cl)cc2c1NC(=O)CN1CCN(c2cccc(OC)c2)[C@@H](C)C1. The Bertz CT molecular complexity index is 1180. The number of rotatable bonds is 6. The second kappa shape index (κ2) is 9.72. The van der Waals surface area contributed by atoms with Gasteiger partial charge in [0.25, 0.3) is 0 Å². The first-order valence-corrected chi connectivity index (χ1v) is 11.1. The summed E-state index contributed by atoms with van der Waals surface area (Å²) in [6.07, 6.45) is 0. The molecule has 1 aliphatic heterocycles. The number of amides is 1. The Kier molecular flexibility index (Phi) is 6.76. The van der Waals surface area contributed by atoms with Crippen molar-refractivity contribution in [3.8, 4) is 5.75 Å². The summed E-state index contributed by atoms with van der Waals surface area (Å²) in [6.45, 7) is 4.61. The lowest BCUT2D eigenvalue weighted by Gasteiger charge is -2.41. The van der Waals surface area contributed by atoms with Crippen molar-refractivity contribution < 1.29 is 19.1 Å². The Balaban J connectivity index is 1.45. The van der Waals surface area contributed by atoms with Crippen LogP contribution in [0.1, 0.15) is 17.4 Å². The van der Waals surface area contributed by atoms with Crippen LogP contribution in [0, 0.1) is 0 Å². The van der Waals surface area contributed by atoms with Gasteiger partial charge in [0.05, 0.1) is 26.5 Å². The second-order valence-corrected chi connectivity index (χ2v) is 8.52. The molecular formula is C24H27ClN4O4. The summed E-state index contributed by atoms with van der Waals surface area (Å²) >= 11 is 6.14. The molecule has 1 atom stereocenters. The monoisotopic (exact) mass is 470 g/mol. The lowest BCUT2D eigenvalue weighted by Crippen LogP contribution is -2.53. The van der Waals surface area contributed by atoms with Crippen molar-refractivity contribution in [2.75, 3.05) is 50.6 Å². The van der Waals surface area contributed by atoms with Crippen molar-refractivity contribution in [2.45, 2.75) is 13.0 Å². The largest absolute Gasteiger partial charge is 0.497 e. The number of methoxy groups -OCH3 is 2. The molecule has 0 radical (unpaired) electrons. The maximum atomic E-state index is 12.9. The van der Waals surface area contributed by atoms with Gasteiger partial charge in [0.2, 0.25) is 5.91 Å². The molecule has 4 rings (SSSR count). The molecule has 2 N–H and O–H groups in total. The Hall–Kier alpha value is -3.23. The van der Waals surface area contributed by atoms with E-state index in [1.165, 1.54) is 7.11 Å². The molecule has 33 heavy (non-hydrogen) atoms. The van der Waals surface area contributed by atoms with Gasteiger partial charge in [-0.2, -0.15) is 0 Å². The van der Waals surface area contributed by atoms with Crippen molar-refractivity contribution in [1.29, 1.82) is 0 Å². The minimum Gasteiger partial charge on any atom is -0.497 e. The number of benzene rings is 2.